The molecular weight excluding hydrogens is 315 g/mol. The molecule has 0 aliphatic carbocycles. The van der Waals surface area contributed by atoms with Crippen molar-refractivity contribution in [2.24, 2.45) is 0 Å². The number of benzene rings is 1. The van der Waals surface area contributed by atoms with E-state index in [0.717, 1.165) is 17.8 Å². The van der Waals surface area contributed by atoms with Gasteiger partial charge in [-0.3, -0.25) is 4.98 Å². The minimum absolute atomic E-state index is 0.103. The van der Waals surface area contributed by atoms with E-state index in [1.54, 1.807) is 12.3 Å². The van der Waals surface area contributed by atoms with Gasteiger partial charge in [-0.25, -0.2) is 17.1 Å². The molecule has 4 nitrogen and oxygen atoms in total. The maximum atomic E-state index is 13.0. The van der Waals surface area contributed by atoms with E-state index in [1.165, 1.54) is 17.4 Å². The molecule has 0 amide bonds. The molecule has 0 N–H and O–H groups in total. The van der Waals surface area contributed by atoms with E-state index in [-0.39, 0.29) is 16.5 Å². The SMILES string of the molecule is CN(CCc1ccccn1)S(=O)(=O)c1ccc(F)cc1Cl. The Morgan fingerprint density at radius 1 is 1.29 bits per heavy atom. The molecule has 112 valence electrons. The van der Waals surface area contributed by atoms with Crippen molar-refractivity contribution in [2.75, 3.05) is 13.6 Å². The number of sulfonamides is 1. The van der Waals surface area contributed by atoms with Crippen LogP contribution in [0.25, 0.3) is 0 Å². The Bertz CT molecular complexity index is 723. The van der Waals surface area contributed by atoms with E-state index < -0.39 is 15.8 Å². The molecule has 1 aromatic carbocycles. The van der Waals surface area contributed by atoms with E-state index in [9.17, 15) is 12.8 Å². The number of nitrogens with zero attached hydrogens (tertiary/aromatic N) is 2. The van der Waals surface area contributed by atoms with Crippen molar-refractivity contribution in [3.05, 3.63) is 59.1 Å². The number of hydrogen-bond acceptors (Lipinski definition) is 3. The third kappa shape index (κ3) is 3.78. The molecule has 0 fully saturated rings. The van der Waals surface area contributed by atoms with Gasteiger partial charge in [0.25, 0.3) is 0 Å². The summed E-state index contributed by atoms with van der Waals surface area (Å²) < 4.78 is 39.0. The molecule has 1 heterocycles. The standard InChI is InChI=1S/C14H14ClFN2O2S/c1-18(9-7-12-4-2-3-8-17-12)21(19,20)14-6-5-11(16)10-13(14)15/h2-6,8,10H,7,9H2,1H3. The van der Waals surface area contributed by atoms with Crippen molar-refractivity contribution >= 4 is 21.6 Å². The molecule has 0 aliphatic heterocycles. The lowest BCUT2D eigenvalue weighted by molar-refractivity contribution is 0.471. The topological polar surface area (TPSA) is 50.3 Å². The van der Waals surface area contributed by atoms with E-state index >= 15 is 0 Å². The fourth-order valence-electron chi connectivity index (χ4n) is 1.79. The molecule has 0 saturated heterocycles. The smallest absolute Gasteiger partial charge is 0.244 e. The van der Waals surface area contributed by atoms with Crippen molar-refractivity contribution in [2.45, 2.75) is 11.3 Å². The van der Waals surface area contributed by atoms with Crippen molar-refractivity contribution in [3.63, 3.8) is 0 Å². The monoisotopic (exact) mass is 328 g/mol. The van der Waals surface area contributed by atoms with Gasteiger partial charge in [-0.05, 0) is 30.3 Å². The summed E-state index contributed by atoms with van der Waals surface area (Å²) >= 11 is 5.82. The summed E-state index contributed by atoms with van der Waals surface area (Å²) in [5.41, 5.74) is 0.796. The van der Waals surface area contributed by atoms with Crippen LogP contribution in [0.15, 0.2) is 47.5 Å². The average Bonchev–Trinajstić information content (AvgIpc) is 2.45. The normalized spacial score (nSPS) is 11.8. The highest BCUT2D eigenvalue weighted by Gasteiger charge is 2.23. The first-order chi connectivity index (χ1) is 9.91. The number of pyridine rings is 1. The van der Waals surface area contributed by atoms with Gasteiger partial charge in [0.1, 0.15) is 10.7 Å². The molecule has 21 heavy (non-hydrogen) atoms. The van der Waals surface area contributed by atoms with Gasteiger partial charge in [0.2, 0.25) is 10.0 Å². The molecule has 0 radical (unpaired) electrons. The molecule has 0 saturated carbocycles. The first-order valence-electron chi connectivity index (χ1n) is 6.22. The van der Waals surface area contributed by atoms with Gasteiger partial charge in [0, 0.05) is 31.9 Å². The van der Waals surface area contributed by atoms with Gasteiger partial charge < -0.3 is 0 Å². The number of rotatable bonds is 5. The summed E-state index contributed by atoms with van der Waals surface area (Å²) in [6.45, 7) is 0.257. The van der Waals surface area contributed by atoms with Crippen LogP contribution in [0.2, 0.25) is 5.02 Å². The van der Waals surface area contributed by atoms with Crippen LogP contribution in [-0.2, 0) is 16.4 Å². The Morgan fingerprint density at radius 2 is 2.05 bits per heavy atom. The fourth-order valence-corrected chi connectivity index (χ4v) is 3.46. The highest BCUT2D eigenvalue weighted by molar-refractivity contribution is 7.89. The predicted molar refractivity (Wildman–Crippen MR) is 79.2 cm³/mol. The predicted octanol–water partition coefficient (Wildman–Crippen LogP) is 2.74. The van der Waals surface area contributed by atoms with E-state index in [1.807, 2.05) is 12.1 Å². The number of likely N-dealkylation sites (N-methyl/N-ethyl adjacent to an activating group) is 1. The summed E-state index contributed by atoms with van der Waals surface area (Å²) in [7, 11) is -2.29. The van der Waals surface area contributed by atoms with Crippen molar-refractivity contribution in [1.29, 1.82) is 0 Å². The van der Waals surface area contributed by atoms with Crippen LogP contribution in [-0.4, -0.2) is 31.3 Å². The van der Waals surface area contributed by atoms with Gasteiger partial charge in [0.05, 0.1) is 5.02 Å². The molecule has 0 spiro atoms. The van der Waals surface area contributed by atoms with E-state index in [4.69, 9.17) is 11.6 Å². The Labute approximate surface area is 128 Å². The zero-order valence-electron chi connectivity index (χ0n) is 11.3. The molecule has 0 unspecified atom stereocenters. The van der Waals surface area contributed by atoms with Crippen LogP contribution in [0.3, 0.4) is 0 Å². The molecule has 7 heteroatoms. The first-order valence-corrected chi connectivity index (χ1v) is 8.04. The minimum atomic E-state index is -3.75. The quantitative estimate of drug-likeness (QED) is 0.848. The number of aromatic nitrogens is 1. The largest absolute Gasteiger partial charge is 0.261 e. The lowest BCUT2D eigenvalue weighted by Gasteiger charge is -2.17. The van der Waals surface area contributed by atoms with Crippen molar-refractivity contribution in [1.82, 2.24) is 9.29 Å². The summed E-state index contributed by atoms with van der Waals surface area (Å²) in [5.74, 6) is -0.574. The maximum absolute atomic E-state index is 13.0. The highest BCUT2D eigenvalue weighted by Crippen LogP contribution is 2.24. The molecule has 0 atom stereocenters. The van der Waals surface area contributed by atoms with E-state index in [2.05, 4.69) is 4.98 Å². The highest BCUT2D eigenvalue weighted by atomic mass is 35.5. The zero-order chi connectivity index (χ0) is 15.5. The zero-order valence-corrected chi connectivity index (χ0v) is 12.9. The fraction of sp³-hybridized carbons (Fsp3) is 0.214. The van der Waals surface area contributed by atoms with E-state index in [0.29, 0.717) is 6.42 Å². The molecule has 1 aromatic heterocycles. The van der Waals surface area contributed by atoms with Crippen molar-refractivity contribution in [3.8, 4) is 0 Å². The summed E-state index contributed by atoms with van der Waals surface area (Å²) in [5, 5.41) is -0.125. The summed E-state index contributed by atoms with van der Waals surface area (Å²) in [6, 6.07) is 8.69. The van der Waals surface area contributed by atoms with Gasteiger partial charge in [-0.15, -0.1) is 0 Å². The maximum Gasteiger partial charge on any atom is 0.244 e. The van der Waals surface area contributed by atoms with Gasteiger partial charge >= 0.3 is 0 Å². The van der Waals surface area contributed by atoms with Gasteiger partial charge in [-0.2, -0.15) is 0 Å². The second-order valence-electron chi connectivity index (χ2n) is 4.47. The molecular formula is C14H14ClFN2O2S. The Balaban J connectivity index is 2.15. The second kappa shape index (κ2) is 6.51. The summed E-state index contributed by atoms with van der Waals surface area (Å²) in [6.07, 6.45) is 2.13. The molecule has 2 rings (SSSR count). The van der Waals surface area contributed by atoms with Crippen LogP contribution in [0.5, 0.6) is 0 Å². The third-order valence-corrected chi connectivity index (χ3v) is 5.33. The molecule has 0 bridgehead atoms. The lowest BCUT2D eigenvalue weighted by atomic mass is 10.3. The number of halogens is 2. The van der Waals surface area contributed by atoms with Gasteiger partial charge in [-0.1, -0.05) is 17.7 Å². The van der Waals surface area contributed by atoms with Crippen LogP contribution < -0.4 is 0 Å². The van der Waals surface area contributed by atoms with Crippen LogP contribution in [0.4, 0.5) is 4.39 Å². The van der Waals surface area contributed by atoms with Crippen LogP contribution in [0.1, 0.15) is 5.69 Å². The minimum Gasteiger partial charge on any atom is -0.261 e. The van der Waals surface area contributed by atoms with Gasteiger partial charge in [0.15, 0.2) is 0 Å². The van der Waals surface area contributed by atoms with Crippen LogP contribution >= 0.6 is 11.6 Å². The molecule has 2 aromatic rings. The first kappa shape index (κ1) is 15.9. The Hall–Kier alpha value is -1.50. The Kier molecular flexibility index (Phi) is 4.92. The molecule has 0 aliphatic rings. The third-order valence-electron chi connectivity index (χ3n) is 2.99. The lowest BCUT2D eigenvalue weighted by Crippen LogP contribution is -2.29. The van der Waals surface area contributed by atoms with Crippen molar-refractivity contribution < 1.29 is 12.8 Å². The second-order valence-corrected chi connectivity index (χ2v) is 6.89. The van der Waals surface area contributed by atoms with Crippen LogP contribution in [0, 0.1) is 5.82 Å². The Morgan fingerprint density at radius 3 is 2.67 bits per heavy atom. The summed E-state index contributed by atoms with van der Waals surface area (Å²) in [4.78, 5) is 4.03. The number of hydrogen-bond donors (Lipinski definition) is 0. The average molecular weight is 329 g/mol.